The maximum Gasteiger partial charge on any atom is 0.324 e. The van der Waals surface area contributed by atoms with Gasteiger partial charge in [-0.05, 0) is 60.2 Å². The van der Waals surface area contributed by atoms with Crippen LogP contribution in [0.4, 0.5) is 20.7 Å². The molecule has 1 aromatic heterocycles. The molecule has 0 saturated carbocycles. The van der Waals surface area contributed by atoms with E-state index >= 15 is 0 Å². The number of phenols is 1. The molecule has 1 saturated heterocycles. The quantitative estimate of drug-likeness (QED) is 0.350. The first-order valence-corrected chi connectivity index (χ1v) is 13.7. The number of carbonyl (C=O) groups is 1. The fraction of sp³-hybridized carbons (Fsp3) is 0.333. The van der Waals surface area contributed by atoms with E-state index in [1.165, 1.54) is 12.1 Å². The van der Waals surface area contributed by atoms with Gasteiger partial charge >= 0.3 is 6.03 Å². The van der Waals surface area contributed by atoms with Crippen molar-refractivity contribution in [3.63, 3.8) is 0 Å². The highest BCUT2D eigenvalue weighted by atomic mass is 35.5. The summed E-state index contributed by atoms with van der Waals surface area (Å²) in [5.74, 6) is 1.25. The first kappa shape index (κ1) is 26.1. The summed E-state index contributed by atoms with van der Waals surface area (Å²) in [7, 11) is 1.74. The molecule has 6 nitrogen and oxygen atoms in total. The van der Waals surface area contributed by atoms with E-state index in [0.717, 1.165) is 31.1 Å². The molecule has 1 aliphatic rings. The number of pyridine rings is 1. The topological polar surface area (TPSA) is 59.9 Å². The van der Waals surface area contributed by atoms with Gasteiger partial charge in [-0.15, -0.1) is 0 Å². The van der Waals surface area contributed by atoms with E-state index in [1.807, 2.05) is 6.07 Å². The van der Waals surface area contributed by atoms with Crippen molar-refractivity contribution in [2.45, 2.75) is 13.3 Å². The van der Waals surface area contributed by atoms with Crippen LogP contribution in [-0.4, -0.2) is 66.3 Å². The van der Waals surface area contributed by atoms with E-state index < -0.39 is 5.82 Å². The number of phenolic OH excluding ortho intramolecular Hbond substituents is 1. The molecule has 1 N–H and O–H groups in total. The van der Waals surface area contributed by atoms with Gasteiger partial charge in [-0.1, -0.05) is 24.6 Å². The van der Waals surface area contributed by atoms with Crippen LogP contribution in [0.25, 0.3) is 22.3 Å². The minimum Gasteiger partial charge on any atom is -0.507 e. The molecule has 190 valence electrons. The molecule has 0 spiro atoms. The van der Waals surface area contributed by atoms with Crippen molar-refractivity contribution in [2.75, 3.05) is 55.0 Å². The summed E-state index contributed by atoms with van der Waals surface area (Å²) >= 11 is 8.32. The number of nitrogens with zero attached hydrogens (tertiary/aromatic N) is 4. The Hall–Kier alpha value is -2.97. The standard InChI is InChI=1S/C27H30ClFN4O2S/c1-4-9-32(12-13-36-3)25-15-19(7-8-30-25)22-17-20(29)16-21(26(22)34)18-5-6-24(23(28)14-18)33-11-10-31(2)27(33)35/h5-8,14-17,34H,4,9-13H2,1-3H3. The summed E-state index contributed by atoms with van der Waals surface area (Å²) in [5, 5.41) is 11.6. The molecule has 0 atom stereocenters. The number of amides is 2. The normalized spacial score (nSPS) is 13.5. The molecule has 3 aromatic rings. The molecule has 9 heteroatoms. The van der Waals surface area contributed by atoms with Crippen LogP contribution in [0, 0.1) is 5.82 Å². The number of hydrogen-bond acceptors (Lipinski definition) is 5. The zero-order valence-corrected chi connectivity index (χ0v) is 22.2. The van der Waals surface area contributed by atoms with Crippen LogP contribution in [0.15, 0.2) is 48.7 Å². The van der Waals surface area contributed by atoms with Gasteiger partial charge < -0.3 is 14.9 Å². The predicted octanol–water partition coefficient (Wildman–Crippen LogP) is 6.36. The van der Waals surface area contributed by atoms with Gasteiger partial charge in [0.2, 0.25) is 0 Å². The number of anilines is 2. The molecule has 0 unspecified atom stereocenters. The van der Waals surface area contributed by atoms with Crippen LogP contribution in [0.5, 0.6) is 5.75 Å². The lowest BCUT2D eigenvalue weighted by Gasteiger charge is -2.23. The van der Waals surface area contributed by atoms with Crippen LogP contribution in [0.2, 0.25) is 5.02 Å². The second-order valence-corrected chi connectivity index (χ2v) is 10.1. The molecule has 36 heavy (non-hydrogen) atoms. The summed E-state index contributed by atoms with van der Waals surface area (Å²) in [5.41, 5.74) is 2.53. The Labute approximate surface area is 220 Å². The molecule has 0 aliphatic carbocycles. The third-order valence-corrected chi connectivity index (χ3v) is 7.17. The van der Waals surface area contributed by atoms with Crippen molar-refractivity contribution < 1.29 is 14.3 Å². The smallest absolute Gasteiger partial charge is 0.324 e. The molecular formula is C27H30ClFN4O2S. The molecule has 0 bridgehead atoms. The summed E-state index contributed by atoms with van der Waals surface area (Å²) in [6.07, 6.45) is 4.73. The lowest BCUT2D eigenvalue weighted by Crippen LogP contribution is -2.29. The zero-order valence-electron chi connectivity index (χ0n) is 20.7. The summed E-state index contributed by atoms with van der Waals surface area (Å²) in [6, 6.07) is 11.3. The Kier molecular flexibility index (Phi) is 8.26. The average molecular weight is 529 g/mol. The Balaban J connectivity index is 1.70. The number of urea groups is 1. The van der Waals surface area contributed by atoms with Gasteiger partial charge in [0.1, 0.15) is 17.4 Å². The third-order valence-electron chi connectivity index (χ3n) is 6.28. The number of carbonyl (C=O) groups excluding carboxylic acids is 1. The van der Waals surface area contributed by atoms with Crippen LogP contribution in [0.3, 0.4) is 0 Å². The molecule has 2 aromatic carbocycles. The van der Waals surface area contributed by atoms with Crippen molar-refractivity contribution in [3.05, 3.63) is 59.5 Å². The Morgan fingerprint density at radius 3 is 2.44 bits per heavy atom. The number of thioether (sulfide) groups is 1. The van der Waals surface area contributed by atoms with Crippen molar-refractivity contribution >= 4 is 40.9 Å². The minimum atomic E-state index is -0.472. The van der Waals surface area contributed by atoms with Crippen molar-refractivity contribution in [3.8, 4) is 28.0 Å². The van der Waals surface area contributed by atoms with Crippen molar-refractivity contribution in [1.82, 2.24) is 9.88 Å². The lowest BCUT2D eigenvalue weighted by molar-refractivity contribution is 0.229. The highest BCUT2D eigenvalue weighted by Crippen LogP contribution is 2.41. The third kappa shape index (κ3) is 5.39. The molecule has 2 heterocycles. The molecule has 1 fully saturated rings. The molecular weight excluding hydrogens is 499 g/mol. The van der Waals surface area contributed by atoms with Crippen molar-refractivity contribution in [1.29, 1.82) is 0 Å². The van der Waals surface area contributed by atoms with E-state index in [9.17, 15) is 14.3 Å². The summed E-state index contributed by atoms with van der Waals surface area (Å²) in [4.78, 5) is 22.3. The van der Waals surface area contributed by atoms with E-state index in [-0.39, 0.29) is 11.8 Å². The van der Waals surface area contributed by atoms with E-state index in [1.54, 1.807) is 59.1 Å². The van der Waals surface area contributed by atoms with Crippen LogP contribution >= 0.6 is 23.4 Å². The number of likely N-dealkylation sites (N-methyl/N-ethyl adjacent to an activating group) is 1. The van der Waals surface area contributed by atoms with Gasteiger partial charge in [0, 0.05) is 56.3 Å². The molecule has 1 aliphatic heterocycles. The second kappa shape index (κ2) is 11.4. The number of rotatable bonds is 9. The predicted molar refractivity (Wildman–Crippen MR) is 148 cm³/mol. The van der Waals surface area contributed by atoms with E-state index in [4.69, 9.17) is 11.6 Å². The number of benzene rings is 2. The average Bonchev–Trinajstić information content (AvgIpc) is 3.20. The number of hydrogen-bond donors (Lipinski definition) is 1. The van der Waals surface area contributed by atoms with Gasteiger partial charge in [-0.3, -0.25) is 4.90 Å². The van der Waals surface area contributed by atoms with Crippen LogP contribution < -0.4 is 9.80 Å². The first-order valence-electron chi connectivity index (χ1n) is 11.9. The molecule has 2 amide bonds. The van der Waals surface area contributed by atoms with Gasteiger partial charge in [-0.2, -0.15) is 11.8 Å². The molecule has 0 radical (unpaired) electrons. The summed E-state index contributed by atoms with van der Waals surface area (Å²) in [6.45, 7) is 4.99. The number of halogens is 2. The van der Waals surface area contributed by atoms with Crippen LogP contribution in [0.1, 0.15) is 13.3 Å². The molecule has 4 rings (SSSR count). The highest BCUT2D eigenvalue weighted by Gasteiger charge is 2.28. The maximum absolute atomic E-state index is 14.8. The number of aromatic hydroxyl groups is 1. The van der Waals surface area contributed by atoms with Gasteiger partial charge in [0.25, 0.3) is 0 Å². The highest BCUT2D eigenvalue weighted by molar-refractivity contribution is 7.98. The fourth-order valence-corrected chi connectivity index (χ4v) is 5.06. The minimum absolute atomic E-state index is 0.0412. The zero-order chi connectivity index (χ0) is 25.8. The fourth-order valence-electron chi connectivity index (χ4n) is 4.37. The SMILES string of the molecule is CCCN(CCSC)c1cc(-c2cc(F)cc(-c3ccc(N4CCN(C)C4=O)c(Cl)c3)c2O)ccn1. The van der Waals surface area contributed by atoms with E-state index in [0.29, 0.717) is 46.1 Å². The van der Waals surface area contributed by atoms with E-state index in [2.05, 4.69) is 23.1 Å². The van der Waals surface area contributed by atoms with Crippen LogP contribution in [-0.2, 0) is 0 Å². The Bertz CT molecular complexity index is 1260. The second-order valence-electron chi connectivity index (χ2n) is 8.75. The van der Waals surface area contributed by atoms with Gasteiger partial charge in [0.05, 0.1) is 10.7 Å². The van der Waals surface area contributed by atoms with Gasteiger partial charge in [0.15, 0.2) is 0 Å². The maximum atomic E-state index is 14.8. The lowest BCUT2D eigenvalue weighted by atomic mass is 9.97. The Morgan fingerprint density at radius 1 is 1.11 bits per heavy atom. The summed E-state index contributed by atoms with van der Waals surface area (Å²) < 4.78 is 14.8. The van der Waals surface area contributed by atoms with Gasteiger partial charge in [-0.25, -0.2) is 14.2 Å². The first-order chi connectivity index (χ1) is 17.3. The monoisotopic (exact) mass is 528 g/mol. The largest absolute Gasteiger partial charge is 0.507 e. The van der Waals surface area contributed by atoms with Crippen molar-refractivity contribution in [2.24, 2.45) is 0 Å². The number of aromatic nitrogens is 1. The Morgan fingerprint density at radius 2 is 1.83 bits per heavy atom.